The summed E-state index contributed by atoms with van der Waals surface area (Å²) in [7, 11) is 1.43. The minimum absolute atomic E-state index is 0.0296. The van der Waals surface area contributed by atoms with Crippen molar-refractivity contribution in [3.8, 4) is 11.5 Å². The number of thiophene rings is 1. The minimum atomic E-state index is -0.481. The van der Waals surface area contributed by atoms with Crippen molar-refractivity contribution in [2.24, 2.45) is 5.10 Å². The van der Waals surface area contributed by atoms with Crippen LogP contribution >= 0.6 is 27.3 Å². The number of nitro groups is 1. The lowest BCUT2D eigenvalue weighted by atomic mass is 10.2. The van der Waals surface area contributed by atoms with Gasteiger partial charge in [0.2, 0.25) is 0 Å². The monoisotopic (exact) mass is 449 g/mol. The molecule has 0 radical (unpaired) electrons. The molecule has 2 aromatic carbocycles. The summed E-state index contributed by atoms with van der Waals surface area (Å²) in [5.41, 5.74) is 2.98. The summed E-state index contributed by atoms with van der Waals surface area (Å²) in [5, 5.41) is 25.1. The van der Waals surface area contributed by atoms with E-state index in [1.165, 1.54) is 36.8 Å². The molecule has 1 aromatic heterocycles. The number of methoxy groups -OCH3 is 1. The van der Waals surface area contributed by atoms with Crippen molar-refractivity contribution in [1.29, 1.82) is 0 Å². The topological polar surface area (TPSA) is 114 Å². The van der Waals surface area contributed by atoms with Crippen LogP contribution in [0.15, 0.2) is 46.0 Å². The first kappa shape index (κ1) is 18.8. The summed E-state index contributed by atoms with van der Waals surface area (Å²) in [4.78, 5) is 23.0. The molecule has 0 spiro atoms. The van der Waals surface area contributed by atoms with Crippen molar-refractivity contribution >= 4 is 55.2 Å². The van der Waals surface area contributed by atoms with E-state index >= 15 is 0 Å². The summed E-state index contributed by atoms with van der Waals surface area (Å²) in [6.07, 6.45) is 1.41. The SMILES string of the molecule is COc1cc(C=NNC(=O)c2cc3cc([N+](=O)[O-])ccc3s2)cc(Br)c1O. The zero-order valence-electron chi connectivity index (χ0n) is 13.8. The number of hydrazone groups is 1. The molecular weight excluding hydrogens is 438 g/mol. The number of non-ortho nitro benzene ring substituents is 1. The molecule has 1 heterocycles. The lowest BCUT2D eigenvalue weighted by molar-refractivity contribution is -0.384. The van der Waals surface area contributed by atoms with Gasteiger partial charge in [0.15, 0.2) is 11.5 Å². The molecule has 0 aliphatic heterocycles. The average molecular weight is 450 g/mol. The Labute approximate surface area is 165 Å². The van der Waals surface area contributed by atoms with Gasteiger partial charge in [0.1, 0.15) is 0 Å². The van der Waals surface area contributed by atoms with E-state index in [1.54, 1.807) is 24.3 Å². The minimum Gasteiger partial charge on any atom is -0.503 e. The van der Waals surface area contributed by atoms with Crippen molar-refractivity contribution < 1.29 is 19.6 Å². The van der Waals surface area contributed by atoms with Crippen molar-refractivity contribution in [2.45, 2.75) is 0 Å². The highest BCUT2D eigenvalue weighted by Crippen LogP contribution is 2.34. The smallest absolute Gasteiger partial charge is 0.281 e. The Morgan fingerprint density at radius 3 is 2.85 bits per heavy atom. The van der Waals surface area contributed by atoms with Crippen LogP contribution in [0.1, 0.15) is 15.2 Å². The Morgan fingerprint density at radius 1 is 1.37 bits per heavy atom. The normalized spacial score (nSPS) is 11.0. The van der Waals surface area contributed by atoms with Crippen LogP contribution in [0.25, 0.3) is 10.1 Å². The number of phenolic OH excluding ortho intramolecular Hbond substituents is 1. The molecule has 0 bridgehead atoms. The third-order valence-corrected chi connectivity index (χ3v) is 5.30. The summed E-state index contributed by atoms with van der Waals surface area (Å²) in [6.45, 7) is 0. The van der Waals surface area contributed by atoms with Gasteiger partial charge in [0.25, 0.3) is 11.6 Å². The zero-order chi connectivity index (χ0) is 19.6. The second-order valence-corrected chi connectivity index (χ2v) is 7.28. The van der Waals surface area contributed by atoms with Crippen molar-refractivity contribution in [2.75, 3.05) is 7.11 Å². The lowest BCUT2D eigenvalue weighted by Crippen LogP contribution is -2.16. The molecule has 0 unspecified atom stereocenters. The van der Waals surface area contributed by atoms with Crippen molar-refractivity contribution in [3.05, 3.63) is 61.4 Å². The molecule has 1 amide bonds. The predicted molar refractivity (Wildman–Crippen MR) is 106 cm³/mol. The van der Waals surface area contributed by atoms with Gasteiger partial charge in [-0.15, -0.1) is 11.3 Å². The number of hydrogen-bond donors (Lipinski definition) is 2. The van der Waals surface area contributed by atoms with E-state index in [2.05, 4.69) is 26.5 Å². The summed E-state index contributed by atoms with van der Waals surface area (Å²) in [6, 6.07) is 9.19. The van der Waals surface area contributed by atoms with Crippen LogP contribution in [0.4, 0.5) is 5.69 Å². The van der Waals surface area contributed by atoms with Gasteiger partial charge >= 0.3 is 0 Å². The van der Waals surface area contributed by atoms with Crippen LogP contribution in [0.2, 0.25) is 0 Å². The van der Waals surface area contributed by atoms with Gasteiger partial charge in [-0.1, -0.05) is 0 Å². The number of hydrogen-bond acceptors (Lipinski definition) is 7. The summed E-state index contributed by atoms with van der Waals surface area (Å²) >= 11 is 4.42. The second kappa shape index (κ2) is 7.72. The molecule has 0 aliphatic carbocycles. The number of halogens is 1. The number of amides is 1. The Hall–Kier alpha value is -2.98. The standard InChI is InChI=1S/C17H12BrN3O5S/c1-26-13-5-9(4-12(18)16(13)22)8-19-20-17(23)15-7-10-6-11(21(24)25)2-3-14(10)27-15/h2-8,22H,1H3,(H,20,23). The Morgan fingerprint density at radius 2 is 2.15 bits per heavy atom. The molecule has 0 saturated heterocycles. The summed E-state index contributed by atoms with van der Waals surface area (Å²) < 4.78 is 6.24. The third kappa shape index (κ3) is 4.07. The number of benzene rings is 2. The largest absolute Gasteiger partial charge is 0.503 e. The molecule has 27 heavy (non-hydrogen) atoms. The number of nitro benzene ring substituents is 1. The van der Waals surface area contributed by atoms with Crippen LogP contribution in [0, 0.1) is 10.1 Å². The highest BCUT2D eigenvalue weighted by molar-refractivity contribution is 9.10. The van der Waals surface area contributed by atoms with Gasteiger partial charge in [-0.05, 0) is 45.8 Å². The van der Waals surface area contributed by atoms with E-state index in [0.717, 1.165) is 4.70 Å². The van der Waals surface area contributed by atoms with Gasteiger partial charge in [-0.25, -0.2) is 5.43 Å². The first-order chi connectivity index (χ1) is 12.9. The van der Waals surface area contributed by atoms with Gasteiger partial charge < -0.3 is 9.84 Å². The fraction of sp³-hybridized carbons (Fsp3) is 0.0588. The molecule has 3 rings (SSSR count). The highest BCUT2D eigenvalue weighted by atomic mass is 79.9. The number of carbonyl (C=O) groups excluding carboxylic acids is 1. The molecule has 3 aromatic rings. The number of ether oxygens (including phenoxy) is 1. The zero-order valence-corrected chi connectivity index (χ0v) is 16.2. The number of fused-ring (bicyclic) bond motifs is 1. The number of aromatic hydroxyl groups is 1. The van der Waals surface area contributed by atoms with Crippen LogP contribution < -0.4 is 10.2 Å². The van der Waals surface area contributed by atoms with Crippen LogP contribution in [-0.4, -0.2) is 29.3 Å². The van der Waals surface area contributed by atoms with E-state index in [-0.39, 0.29) is 17.2 Å². The number of nitrogens with one attached hydrogen (secondary N) is 1. The number of phenols is 1. The maximum atomic E-state index is 12.2. The van der Waals surface area contributed by atoms with Gasteiger partial charge in [0.05, 0.1) is 27.6 Å². The molecule has 10 heteroatoms. The molecule has 0 aliphatic rings. The van der Waals surface area contributed by atoms with Gasteiger partial charge in [-0.3, -0.25) is 14.9 Å². The second-order valence-electron chi connectivity index (χ2n) is 5.34. The van der Waals surface area contributed by atoms with E-state index < -0.39 is 10.8 Å². The Kier molecular flexibility index (Phi) is 5.38. The van der Waals surface area contributed by atoms with Crippen LogP contribution in [-0.2, 0) is 0 Å². The van der Waals surface area contributed by atoms with Crippen molar-refractivity contribution in [3.63, 3.8) is 0 Å². The number of nitrogens with zero attached hydrogens (tertiary/aromatic N) is 2. The Bertz CT molecular complexity index is 1080. The first-order valence-corrected chi connectivity index (χ1v) is 9.08. The van der Waals surface area contributed by atoms with E-state index in [4.69, 9.17) is 4.74 Å². The quantitative estimate of drug-likeness (QED) is 0.346. The van der Waals surface area contributed by atoms with E-state index in [9.17, 15) is 20.0 Å². The molecular formula is C17H12BrN3O5S. The van der Waals surface area contributed by atoms with Crippen molar-refractivity contribution in [1.82, 2.24) is 5.43 Å². The van der Waals surface area contributed by atoms with Gasteiger partial charge in [0, 0.05) is 22.2 Å². The van der Waals surface area contributed by atoms with Crippen LogP contribution in [0.3, 0.4) is 0 Å². The molecule has 0 saturated carbocycles. The molecule has 138 valence electrons. The predicted octanol–water partition coefficient (Wildman–Crippen LogP) is 4.05. The fourth-order valence-electron chi connectivity index (χ4n) is 2.30. The molecule has 0 atom stereocenters. The molecule has 0 fully saturated rings. The lowest BCUT2D eigenvalue weighted by Gasteiger charge is -2.06. The van der Waals surface area contributed by atoms with Gasteiger partial charge in [-0.2, -0.15) is 5.10 Å². The fourth-order valence-corrected chi connectivity index (χ4v) is 3.69. The molecule has 8 nitrogen and oxygen atoms in total. The van der Waals surface area contributed by atoms with E-state index in [0.29, 0.717) is 20.3 Å². The third-order valence-electron chi connectivity index (χ3n) is 3.58. The van der Waals surface area contributed by atoms with E-state index in [1.807, 2.05) is 0 Å². The highest BCUT2D eigenvalue weighted by Gasteiger charge is 2.13. The van der Waals surface area contributed by atoms with Crippen LogP contribution in [0.5, 0.6) is 11.5 Å². The number of carbonyl (C=O) groups is 1. The first-order valence-electron chi connectivity index (χ1n) is 7.47. The summed E-state index contributed by atoms with van der Waals surface area (Å²) in [5.74, 6) is -0.193. The average Bonchev–Trinajstić information content (AvgIpc) is 3.07. The molecule has 2 N–H and O–H groups in total. The maximum absolute atomic E-state index is 12.2. The maximum Gasteiger partial charge on any atom is 0.281 e. The Balaban J connectivity index is 1.76. The number of rotatable bonds is 5.